The van der Waals surface area contributed by atoms with Gasteiger partial charge in [0.05, 0.1) is 12.3 Å². The molecule has 2 heterocycles. The summed E-state index contributed by atoms with van der Waals surface area (Å²) in [4.78, 5) is 14.1. The standard InChI is InChI=1S/C20H25F3N6O/c1-19(12-30-4,29(2)3)28-17-15(20(21,22)23)11-25-18(27-17)26-14-7-8-16-13(10-14)6-5-9-24-16/h7-11H,5-6,12H2,1-4H3,(H2,25,26,27,28). The number of aliphatic imine (C=N–C) groups is 1. The van der Waals surface area contributed by atoms with E-state index < -0.39 is 17.4 Å². The highest BCUT2D eigenvalue weighted by molar-refractivity contribution is 5.71. The second-order valence-corrected chi connectivity index (χ2v) is 7.50. The number of nitrogens with one attached hydrogen (secondary N) is 2. The van der Waals surface area contributed by atoms with Crippen molar-refractivity contribution in [3.63, 3.8) is 0 Å². The van der Waals surface area contributed by atoms with Gasteiger partial charge in [-0.05, 0) is 57.6 Å². The smallest absolute Gasteiger partial charge is 0.381 e. The molecule has 0 bridgehead atoms. The molecule has 0 spiro atoms. The molecule has 0 fully saturated rings. The van der Waals surface area contributed by atoms with E-state index in [2.05, 4.69) is 25.6 Å². The van der Waals surface area contributed by atoms with Gasteiger partial charge < -0.3 is 15.4 Å². The van der Waals surface area contributed by atoms with Crippen LogP contribution < -0.4 is 10.6 Å². The molecule has 1 aliphatic rings. The molecule has 0 saturated heterocycles. The molecule has 3 rings (SSSR count). The van der Waals surface area contributed by atoms with E-state index >= 15 is 0 Å². The summed E-state index contributed by atoms with van der Waals surface area (Å²) in [5, 5.41) is 5.87. The van der Waals surface area contributed by atoms with Crippen LogP contribution in [0.2, 0.25) is 0 Å². The molecule has 0 amide bonds. The zero-order chi connectivity index (χ0) is 21.9. The Bertz CT molecular complexity index is 931. The van der Waals surface area contributed by atoms with Gasteiger partial charge >= 0.3 is 6.18 Å². The van der Waals surface area contributed by atoms with Crippen molar-refractivity contribution in [3.05, 3.63) is 35.5 Å². The van der Waals surface area contributed by atoms with Gasteiger partial charge in [-0.2, -0.15) is 18.2 Å². The van der Waals surface area contributed by atoms with Crippen molar-refractivity contribution in [1.82, 2.24) is 14.9 Å². The maximum absolute atomic E-state index is 13.6. The first kappa shape index (κ1) is 22.0. The molecule has 0 radical (unpaired) electrons. The number of likely N-dealkylation sites (N-methyl/N-ethyl adjacent to an activating group) is 1. The van der Waals surface area contributed by atoms with Gasteiger partial charge in [0, 0.05) is 25.2 Å². The number of aromatic nitrogens is 2. The average molecular weight is 422 g/mol. The van der Waals surface area contributed by atoms with Crippen LogP contribution in [0.25, 0.3) is 0 Å². The van der Waals surface area contributed by atoms with Crippen LogP contribution in [0.3, 0.4) is 0 Å². The second kappa shape index (κ2) is 8.57. The Morgan fingerprint density at radius 1 is 1.23 bits per heavy atom. The lowest BCUT2D eigenvalue weighted by Gasteiger charge is -2.37. The molecular weight excluding hydrogens is 397 g/mol. The number of benzene rings is 1. The van der Waals surface area contributed by atoms with Gasteiger partial charge in [0.15, 0.2) is 0 Å². The van der Waals surface area contributed by atoms with Crippen molar-refractivity contribution >= 4 is 29.4 Å². The van der Waals surface area contributed by atoms with Crippen LogP contribution in [0.5, 0.6) is 0 Å². The van der Waals surface area contributed by atoms with Gasteiger partial charge in [0.25, 0.3) is 0 Å². The van der Waals surface area contributed by atoms with E-state index in [1.807, 2.05) is 18.3 Å². The SMILES string of the molecule is COCC(C)(Nc1nc(Nc2ccc3c(c2)CCC=N3)ncc1C(F)(F)F)N(C)C. The molecule has 1 unspecified atom stereocenters. The third kappa shape index (κ3) is 4.88. The molecule has 0 saturated carbocycles. The minimum Gasteiger partial charge on any atom is -0.381 e. The van der Waals surface area contributed by atoms with Gasteiger partial charge in [-0.15, -0.1) is 0 Å². The first-order valence-electron chi connectivity index (χ1n) is 9.43. The Hall–Kier alpha value is -2.72. The van der Waals surface area contributed by atoms with Gasteiger partial charge in [-0.1, -0.05) is 0 Å². The van der Waals surface area contributed by atoms with Gasteiger partial charge in [0.2, 0.25) is 5.95 Å². The van der Waals surface area contributed by atoms with E-state index in [-0.39, 0.29) is 18.4 Å². The Morgan fingerprint density at radius 2 is 2.00 bits per heavy atom. The monoisotopic (exact) mass is 422 g/mol. The maximum Gasteiger partial charge on any atom is 0.421 e. The Kier molecular flexibility index (Phi) is 6.27. The second-order valence-electron chi connectivity index (χ2n) is 7.50. The molecule has 1 atom stereocenters. The van der Waals surface area contributed by atoms with Crippen molar-refractivity contribution in [2.45, 2.75) is 31.6 Å². The van der Waals surface area contributed by atoms with Gasteiger partial charge in [0.1, 0.15) is 17.0 Å². The lowest BCUT2D eigenvalue weighted by atomic mass is 10.0. The molecule has 7 nitrogen and oxygen atoms in total. The van der Waals surface area contributed by atoms with Crippen molar-refractivity contribution in [1.29, 1.82) is 0 Å². The van der Waals surface area contributed by atoms with Crippen molar-refractivity contribution in [3.8, 4) is 0 Å². The number of rotatable bonds is 7. The zero-order valence-corrected chi connectivity index (χ0v) is 17.3. The van der Waals surface area contributed by atoms with E-state index in [1.54, 1.807) is 32.0 Å². The largest absolute Gasteiger partial charge is 0.421 e. The summed E-state index contributed by atoms with van der Waals surface area (Å²) >= 11 is 0. The molecule has 30 heavy (non-hydrogen) atoms. The van der Waals surface area contributed by atoms with Crippen LogP contribution in [-0.4, -0.2) is 54.6 Å². The number of aryl methyl sites for hydroxylation is 1. The van der Waals surface area contributed by atoms with Crippen LogP contribution in [0.1, 0.15) is 24.5 Å². The highest BCUT2D eigenvalue weighted by atomic mass is 19.4. The summed E-state index contributed by atoms with van der Waals surface area (Å²) in [7, 11) is 4.98. The number of nitrogens with zero attached hydrogens (tertiary/aromatic N) is 4. The van der Waals surface area contributed by atoms with Crippen LogP contribution >= 0.6 is 0 Å². The molecule has 0 aliphatic carbocycles. The predicted octanol–water partition coefficient (Wildman–Crippen LogP) is 4.22. The molecule has 1 aliphatic heterocycles. The molecule has 2 N–H and O–H groups in total. The van der Waals surface area contributed by atoms with Crippen LogP contribution in [0, 0.1) is 0 Å². The molecule has 2 aromatic rings. The third-order valence-electron chi connectivity index (χ3n) is 5.00. The lowest BCUT2D eigenvalue weighted by molar-refractivity contribution is -0.137. The van der Waals surface area contributed by atoms with E-state index in [1.165, 1.54) is 7.11 Å². The summed E-state index contributed by atoms with van der Waals surface area (Å²) in [6.07, 6.45) is -0.250. The molecule has 1 aromatic carbocycles. The normalized spacial score (nSPS) is 15.6. The molecule has 10 heteroatoms. The highest BCUT2D eigenvalue weighted by Crippen LogP contribution is 2.36. The van der Waals surface area contributed by atoms with Crippen LogP contribution in [-0.2, 0) is 17.3 Å². The van der Waals surface area contributed by atoms with Crippen molar-refractivity contribution < 1.29 is 17.9 Å². The summed E-state index contributed by atoms with van der Waals surface area (Å²) in [6.45, 7) is 1.88. The van der Waals surface area contributed by atoms with Crippen LogP contribution in [0.15, 0.2) is 29.4 Å². The summed E-state index contributed by atoms with van der Waals surface area (Å²) in [5.74, 6) is -0.265. The van der Waals surface area contributed by atoms with Gasteiger partial charge in [-0.25, -0.2) is 4.98 Å². The van der Waals surface area contributed by atoms with Crippen molar-refractivity contribution in [2.75, 3.05) is 38.4 Å². The fourth-order valence-corrected chi connectivity index (χ4v) is 3.06. The van der Waals surface area contributed by atoms with Gasteiger partial charge in [-0.3, -0.25) is 9.89 Å². The Morgan fingerprint density at radius 3 is 2.67 bits per heavy atom. The number of halogens is 3. The zero-order valence-electron chi connectivity index (χ0n) is 17.3. The quantitative estimate of drug-likeness (QED) is 0.651. The number of methoxy groups -OCH3 is 1. The number of hydrogen-bond acceptors (Lipinski definition) is 7. The minimum absolute atomic E-state index is 0.0586. The molecular formula is C20H25F3N6O. The fraction of sp³-hybridized carbons (Fsp3) is 0.450. The number of anilines is 3. The first-order valence-corrected chi connectivity index (χ1v) is 9.43. The average Bonchev–Trinajstić information content (AvgIpc) is 2.67. The number of fused-ring (bicyclic) bond motifs is 1. The fourth-order valence-electron chi connectivity index (χ4n) is 3.06. The summed E-state index contributed by atoms with van der Waals surface area (Å²) in [6, 6.07) is 5.57. The van der Waals surface area contributed by atoms with Crippen molar-refractivity contribution in [2.24, 2.45) is 4.99 Å². The predicted molar refractivity (Wildman–Crippen MR) is 111 cm³/mol. The van der Waals surface area contributed by atoms with E-state index in [9.17, 15) is 13.2 Å². The summed E-state index contributed by atoms with van der Waals surface area (Å²) in [5.41, 5.74) is 0.780. The van der Waals surface area contributed by atoms with E-state index in [4.69, 9.17) is 4.74 Å². The highest BCUT2D eigenvalue weighted by Gasteiger charge is 2.38. The molecule has 1 aromatic heterocycles. The number of hydrogen-bond donors (Lipinski definition) is 2. The summed E-state index contributed by atoms with van der Waals surface area (Å²) < 4.78 is 45.9. The lowest BCUT2D eigenvalue weighted by Crippen LogP contribution is -2.52. The minimum atomic E-state index is -4.61. The van der Waals surface area contributed by atoms with E-state index in [0.29, 0.717) is 5.69 Å². The first-order chi connectivity index (χ1) is 14.1. The Balaban J connectivity index is 1.93. The topological polar surface area (TPSA) is 74.7 Å². The van der Waals surface area contributed by atoms with E-state index in [0.717, 1.165) is 30.3 Å². The third-order valence-corrected chi connectivity index (χ3v) is 5.00. The number of ether oxygens (including phenoxy) is 1. The Labute approximate surface area is 173 Å². The maximum atomic E-state index is 13.6. The molecule has 162 valence electrons. The number of alkyl halides is 3. The van der Waals surface area contributed by atoms with Crippen LogP contribution in [0.4, 0.5) is 36.3 Å².